The van der Waals surface area contributed by atoms with Crippen LogP contribution in [0.1, 0.15) is 66.2 Å². The number of nitrogens with one attached hydrogen (secondary N) is 2. The molecular weight excluding hydrogens is 296 g/mol. The lowest BCUT2D eigenvalue weighted by Crippen LogP contribution is -2.45. The Bertz CT molecular complexity index is 353. The molecule has 3 unspecified atom stereocenters. The molecule has 1 saturated heterocycles. The van der Waals surface area contributed by atoms with Gasteiger partial charge < -0.3 is 10.6 Å². The largest absolute Gasteiger partial charge is 0.353 e. The summed E-state index contributed by atoms with van der Waals surface area (Å²) in [6.45, 7) is 11.5. The second-order valence-electron chi connectivity index (χ2n) is 8.33. The summed E-state index contributed by atoms with van der Waals surface area (Å²) in [5.41, 5.74) is 0.447. The van der Waals surface area contributed by atoms with E-state index in [2.05, 4.69) is 38.3 Å². The van der Waals surface area contributed by atoms with E-state index in [-0.39, 0.29) is 18.3 Å². The molecule has 1 heterocycles. The molecule has 2 aliphatic rings. The van der Waals surface area contributed by atoms with Crippen LogP contribution in [0.2, 0.25) is 0 Å². The molecule has 0 aromatic heterocycles. The van der Waals surface area contributed by atoms with E-state index in [0.29, 0.717) is 29.7 Å². The van der Waals surface area contributed by atoms with Crippen molar-refractivity contribution in [2.75, 3.05) is 13.1 Å². The molecule has 22 heavy (non-hydrogen) atoms. The van der Waals surface area contributed by atoms with Gasteiger partial charge >= 0.3 is 0 Å². The summed E-state index contributed by atoms with van der Waals surface area (Å²) in [6.07, 6.45) is 6.75. The number of piperidine rings is 1. The van der Waals surface area contributed by atoms with Gasteiger partial charge in [-0.2, -0.15) is 0 Å². The minimum absolute atomic E-state index is 0. The van der Waals surface area contributed by atoms with E-state index in [1.807, 2.05) is 0 Å². The molecule has 2 N–H and O–H groups in total. The minimum atomic E-state index is 0. The molecule has 1 aliphatic carbocycles. The summed E-state index contributed by atoms with van der Waals surface area (Å²) in [5.74, 6) is 2.12. The minimum Gasteiger partial charge on any atom is -0.353 e. The Labute approximate surface area is 142 Å². The Morgan fingerprint density at radius 2 is 1.91 bits per heavy atom. The maximum atomic E-state index is 12.3. The third-order valence-electron chi connectivity index (χ3n) is 5.74. The van der Waals surface area contributed by atoms with Crippen LogP contribution in [0.4, 0.5) is 0 Å². The lowest BCUT2D eigenvalue weighted by molar-refractivity contribution is -0.123. The zero-order valence-corrected chi connectivity index (χ0v) is 15.6. The number of hydrogen-bond donors (Lipinski definition) is 2. The predicted molar refractivity (Wildman–Crippen MR) is 95.3 cm³/mol. The molecule has 1 aliphatic heterocycles. The smallest absolute Gasteiger partial charge is 0.220 e. The molecule has 2 fully saturated rings. The van der Waals surface area contributed by atoms with Gasteiger partial charge in [-0.15, -0.1) is 12.4 Å². The van der Waals surface area contributed by atoms with Crippen molar-refractivity contribution >= 4 is 18.3 Å². The molecule has 3 atom stereocenters. The molecule has 1 amide bonds. The zero-order valence-electron chi connectivity index (χ0n) is 14.8. The average molecular weight is 331 g/mol. The maximum Gasteiger partial charge on any atom is 0.220 e. The van der Waals surface area contributed by atoms with Gasteiger partial charge in [0.05, 0.1) is 0 Å². The quantitative estimate of drug-likeness (QED) is 0.824. The number of carbonyl (C=O) groups excluding carboxylic acids is 1. The summed E-state index contributed by atoms with van der Waals surface area (Å²) in [6, 6.07) is 0.394. The highest BCUT2D eigenvalue weighted by Gasteiger charge is 2.33. The summed E-state index contributed by atoms with van der Waals surface area (Å²) in [5, 5.41) is 6.72. The molecule has 0 radical (unpaired) electrons. The van der Waals surface area contributed by atoms with Gasteiger partial charge in [0.15, 0.2) is 0 Å². The van der Waals surface area contributed by atoms with E-state index in [4.69, 9.17) is 0 Å². The van der Waals surface area contributed by atoms with Crippen LogP contribution in [-0.2, 0) is 4.79 Å². The van der Waals surface area contributed by atoms with Crippen LogP contribution >= 0.6 is 12.4 Å². The molecule has 2 rings (SSSR count). The number of hydrogen-bond acceptors (Lipinski definition) is 2. The molecule has 1 saturated carbocycles. The van der Waals surface area contributed by atoms with Gasteiger partial charge in [-0.1, -0.05) is 27.7 Å². The molecule has 0 spiro atoms. The van der Waals surface area contributed by atoms with Gasteiger partial charge in [0.2, 0.25) is 5.91 Å². The Morgan fingerprint density at radius 3 is 2.50 bits per heavy atom. The van der Waals surface area contributed by atoms with Crippen molar-refractivity contribution in [3.8, 4) is 0 Å². The van der Waals surface area contributed by atoms with Crippen LogP contribution < -0.4 is 10.6 Å². The first-order chi connectivity index (χ1) is 9.87. The van der Waals surface area contributed by atoms with Crippen LogP contribution in [-0.4, -0.2) is 25.0 Å². The van der Waals surface area contributed by atoms with Crippen LogP contribution in [0.5, 0.6) is 0 Å². The lowest BCUT2D eigenvalue weighted by atomic mass is 9.70. The van der Waals surface area contributed by atoms with Gasteiger partial charge in [-0.25, -0.2) is 0 Å². The fraction of sp³-hybridized carbons (Fsp3) is 0.944. The molecule has 0 aromatic rings. The maximum absolute atomic E-state index is 12.3. The number of rotatable bonds is 4. The molecule has 130 valence electrons. The first-order valence-electron chi connectivity index (χ1n) is 8.87. The van der Waals surface area contributed by atoms with Crippen molar-refractivity contribution < 1.29 is 4.79 Å². The molecule has 3 nitrogen and oxygen atoms in total. The normalized spacial score (nSPS) is 30.2. The van der Waals surface area contributed by atoms with E-state index >= 15 is 0 Å². The highest BCUT2D eigenvalue weighted by molar-refractivity contribution is 5.85. The van der Waals surface area contributed by atoms with Crippen molar-refractivity contribution in [3.63, 3.8) is 0 Å². The van der Waals surface area contributed by atoms with E-state index in [1.165, 1.54) is 25.7 Å². The van der Waals surface area contributed by atoms with Gasteiger partial charge in [0.1, 0.15) is 0 Å². The molecule has 0 aromatic carbocycles. The highest BCUT2D eigenvalue weighted by Crippen LogP contribution is 2.38. The number of carbonyl (C=O) groups is 1. The highest BCUT2D eigenvalue weighted by atomic mass is 35.5. The third kappa shape index (κ3) is 5.73. The van der Waals surface area contributed by atoms with Crippen molar-refractivity contribution in [1.29, 1.82) is 0 Å². The number of amides is 1. The topological polar surface area (TPSA) is 41.1 Å². The molecule has 4 heteroatoms. The molecule has 0 bridgehead atoms. The van der Waals surface area contributed by atoms with Gasteiger partial charge in [-0.05, 0) is 68.4 Å². The van der Waals surface area contributed by atoms with E-state index in [0.717, 1.165) is 25.4 Å². The Balaban J connectivity index is 0.00000242. The summed E-state index contributed by atoms with van der Waals surface area (Å²) in [7, 11) is 0. The lowest BCUT2D eigenvalue weighted by Gasteiger charge is -2.39. The van der Waals surface area contributed by atoms with E-state index in [1.54, 1.807) is 0 Å². The van der Waals surface area contributed by atoms with Crippen molar-refractivity contribution in [2.24, 2.45) is 23.2 Å². The van der Waals surface area contributed by atoms with Crippen LogP contribution in [0.3, 0.4) is 0 Å². The first-order valence-corrected chi connectivity index (χ1v) is 8.87. The van der Waals surface area contributed by atoms with Crippen molar-refractivity contribution in [2.45, 2.75) is 72.3 Å². The Kier molecular flexibility index (Phi) is 7.67. The fourth-order valence-corrected chi connectivity index (χ4v) is 4.30. The fourth-order valence-electron chi connectivity index (χ4n) is 4.30. The standard InChI is InChI=1S/C18H34N2O.ClH/c1-13(15-6-9-19-10-7-15)11-17(21)20-16-5-8-18(3,4)12-14(16)2;/h13-16,19H,5-12H2,1-4H3,(H,20,21);1H. The Morgan fingerprint density at radius 1 is 1.27 bits per heavy atom. The summed E-state index contributed by atoms with van der Waals surface area (Å²) >= 11 is 0. The van der Waals surface area contributed by atoms with Crippen LogP contribution in [0, 0.1) is 23.2 Å². The van der Waals surface area contributed by atoms with Crippen molar-refractivity contribution in [1.82, 2.24) is 10.6 Å². The van der Waals surface area contributed by atoms with Crippen molar-refractivity contribution in [3.05, 3.63) is 0 Å². The second-order valence-corrected chi connectivity index (χ2v) is 8.33. The second kappa shape index (κ2) is 8.54. The van der Waals surface area contributed by atoms with Crippen LogP contribution in [0.15, 0.2) is 0 Å². The molecular formula is C18H35ClN2O. The zero-order chi connectivity index (χ0) is 15.5. The number of halogens is 1. The van der Waals surface area contributed by atoms with E-state index < -0.39 is 0 Å². The van der Waals surface area contributed by atoms with E-state index in [9.17, 15) is 4.79 Å². The first kappa shape index (κ1) is 19.8. The SMILES string of the molecule is CC(CC(=O)NC1CCC(C)(C)CC1C)C1CCNCC1.Cl. The monoisotopic (exact) mass is 330 g/mol. The van der Waals surface area contributed by atoms with Gasteiger partial charge in [0, 0.05) is 12.5 Å². The third-order valence-corrected chi connectivity index (χ3v) is 5.74. The summed E-state index contributed by atoms with van der Waals surface area (Å²) in [4.78, 5) is 12.3. The van der Waals surface area contributed by atoms with Crippen LogP contribution in [0.25, 0.3) is 0 Å². The summed E-state index contributed by atoms with van der Waals surface area (Å²) < 4.78 is 0. The van der Waals surface area contributed by atoms with Gasteiger partial charge in [-0.3, -0.25) is 4.79 Å². The predicted octanol–water partition coefficient (Wildman–Crippen LogP) is 3.77. The Hall–Kier alpha value is -0.280. The average Bonchev–Trinajstić information content (AvgIpc) is 2.42. The van der Waals surface area contributed by atoms with Gasteiger partial charge in [0.25, 0.3) is 0 Å².